The van der Waals surface area contributed by atoms with Crippen molar-refractivity contribution in [2.75, 3.05) is 24.5 Å². The molecule has 0 radical (unpaired) electrons. The molecule has 2 N–H and O–H groups in total. The van der Waals surface area contributed by atoms with Crippen LogP contribution in [0.1, 0.15) is 20.3 Å². The average molecular weight is 329 g/mol. The fourth-order valence-corrected chi connectivity index (χ4v) is 2.77. The van der Waals surface area contributed by atoms with E-state index in [9.17, 15) is 9.59 Å². The van der Waals surface area contributed by atoms with Gasteiger partial charge in [0.1, 0.15) is 0 Å². The van der Waals surface area contributed by atoms with Crippen LogP contribution in [0.15, 0.2) is 24.3 Å². The third kappa shape index (κ3) is 3.34. The van der Waals surface area contributed by atoms with Gasteiger partial charge in [0, 0.05) is 32.6 Å². The summed E-state index contributed by atoms with van der Waals surface area (Å²) in [4.78, 5) is 30.2. The highest BCUT2D eigenvalue weighted by Gasteiger charge is 2.28. The van der Waals surface area contributed by atoms with Crippen molar-refractivity contribution >= 4 is 28.9 Å². The normalized spacial score (nSPS) is 13.4. The van der Waals surface area contributed by atoms with Crippen molar-refractivity contribution in [3.8, 4) is 0 Å². The van der Waals surface area contributed by atoms with E-state index in [4.69, 9.17) is 0 Å². The Morgan fingerprint density at radius 3 is 2.79 bits per heavy atom. The standard InChI is InChI=1S/C17H23N5O2/c1-12(2)11-19-15(23)7-8-18-17(24)22-10-9-21-14-6-4-3-5-13(14)20-16(21)22/h3-6,12H,7-11H2,1-2H3,(H,18,24)(H,19,23). The molecule has 1 aliphatic heterocycles. The van der Waals surface area contributed by atoms with Gasteiger partial charge in [0.15, 0.2) is 0 Å². The topological polar surface area (TPSA) is 79.3 Å². The van der Waals surface area contributed by atoms with Crippen molar-refractivity contribution < 1.29 is 9.59 Å². The Balaban J connectivity index is 1.55. The van der Waals surface area contributed by atoms with Crippen LogP contribution in [0.4, 0.5) is 10.7 Å². The number of amides is 3. The zero-order valence-corrected chi connectivity index (χ0v) is 14.1. The first-order valence-corrected chi connectivity index (χ1v) is 8.33. The second kappa shape index (κ2) is 6.90. The molecule has 0 saturated heterocycles. The van der Waals surface area contributed by atoms with E-state index in [1.54, 1.807) is 4.90 Å². The summed E-state index contributed by atoms with van der Waals surface area (Å²) >= 11 is 0. The van der Waals surface area contributed by atoms with Gasteiger partial charge in [0.05, 0.1) is 11.0 Å². The fraction of sp³-hybridized carbons (Fsp3) is 0.471. The summed E-state index contributed by atoms with van der Waals surface area (Å²) in [5.74, 6) is 1.04. The number of hydrogen-bond donors (Lipinski definition) is 2. The van der Waals surface area contributed by atoms with Crippen LogP contribution in [0.3, 0.4) is 0 Å². The van der Waals surface area contributed by atoms with Gasteiger partial charge in [0.2, 0.25) is 11.9 Å². The largest absolute Gasteiger partial charge is 0.356 e. The molecule has 2 aromatic rings. The minimum absolute atomic E-state index is 0.0438. The van der Waals surface area contributed by atoms with E-state index < -0.39 is 0 Å². The third-order valence-corrected chi connectivity index (χ3v) is 4.00. The Labute approximate surface area is 141 Å². The molecule has 0 saturated carbocycles. The van der Waals surface area contributed by atoms with E-state index in [2.05, 4.69) is 15.6 Å². The van der Waals surface area contributed by atoms with Crippen LogP contribution in [-0.2, 0) is 11.3 Å². The van der Waals surface area contributed by atoms with Crippen molar-refractivity contribution in [2.45, 2.75) is 26.8 Å². The van der Waals surface area contributed by atoms with Crippen LogP contribution in [0, 0.1) is 5.92 Å². The molecule has 1 aromatic heterocycles. The van der Waals surface area contributed by atoms with Crippen LogP contribution in [0.2, 0.25) is 0 Å². The number of rotatable bonds is 5. The molecule has 2 heterocycles. The van der Waals surface area contributed by atoms with Crippen LogP contribution in [0.25, 0.3) is 11.0 Å². The van der Waals surface area contributed by atoms with Crippen molar-refractivity contribution in [1.29, 1.82) is 0 Å². The molecule has 0 aliphatic carbocycles. The summed E-state index contributed by atoms with van der Waals surface area (Å²) in [6.07, 6.45) is 0.280. The number of hydrogen-bond acceptors (Lipinski definition) is 3. The smallest absolute Gasteiger partial charge is 0.324 e. The van der Waals surface area contributed by atoms with E-state index in [1.807, 2.05) is 42.7 Å². The molecular formula is C17H23N5O2. The molecule has 3 rings (SSSR count). The minimum Gasteiger partial charge on any atom is -0.356 e. The number of para-hydroxylation sites is 2. The molecule has 1 aliphatic rings. The summed E-state index contributed by atoms with van der Waals surface area (Å²) in [7, 11) is 0. The fourth-order valence-electron chi connectivity index (χ4n) is 2.77. The zero-order chi connectivity index (χ0) is 17.1. The van der Waals surface area contributed by atoms with E-state index in [0.29, 0.717) is 31.5 Å². The first-order chi connectivity index (χ1) is 11.6. The van der Waals surface area contributed by atoms with Crippen LogP contribution < -0.4 is 15.5 Å². The van der Waals surface area contributed by atoms with E-state index in [-0.39, 0.29) is 18.4 Å². The Bertz CT molecular complexity index is 753. The Morgan fingerprint density at radius 2 is 2.00 bits per heavy atom. The lowest BCUT2D eigenvalue weighted by molar-refractivity contribution is -0.121. The maximum absolute atomic E-state index is 12.4. The second-order valence-corrected chi connectivity index (χ2v) is 6.38. The quantitative estimate of drug-likeness (QED) is 0.877. The van der Waals surface area contributed by atoms with Crippen LogP contribution in [0.5, 0.6) is 0 Å². The van der Waals surface area contributed by atoms with Gasteiger partial charge < -0.3 is 15.2 Å². The Hall–Kier alpha value is -2.57. The van der Waals surface area contributed by atoms with Crippen LogP contribution >= 0.6 is 0 Å². The predicted molar refractivity (Wildman–Crippen MR) is 92.9 cm³/mol. The SMILES string of the molecule is CC(C)CNC(=O)CCNC(=O)N1CCn2c1nc1ccccc12. The number of nitrogens with one attached hydrogen (secondary N) is 2. The number of anilines is 1. The number of urea groups is 1. The lowest BCUT2D eigenvalue weighted by atomic mass is 10.2. The number of benzene rings is 1. The molecule has 0 atom stereocenters. The van der Waals surface area contributed by atoms with E-state index in [0.717, 1.165) is 17.6 Å². The van der Waals surface area contributed by atoms with Crippen molar-refractivity contribution in [2.24, 2.45) is 5.92 Å². The molecule has 0 bridgehead atoms. The van der Waals surface area contributed by atoms with Crippen molar-refractivity contribution in [1.82, 2.24) is 20.2 Å². The van der Waals surface area contributed by atoms with Gasteiger partial charge in [-0.05, 0) is 18.1 Å². The molecule has 3 amide bonds. The van der Waals surface area contributed by atoms with Gasteiger partial charge in [-0.2, -0.15) is 0 Å². The monoisotopic (exact) mass is 329 g/mol. The molecule has 0 fully saturated rings. The minimum atomic E-state index is -0.208. The van der Waals surface area contributed by atoms with Crippen molar-refractivity contribution in [3.63, 3.8) is 0 Å². The number of nitrogens with zero attached hydrogens (tertiary/aromatic N) is 3. The highest BCUT2D eigenvalue weighted by atomic mass is 16.2. The van der Waals surface area contributed by atoms with Gasteiger partial charge in [-0.15, -0.1) is 0 Å². The number of fused-ring (bicyclic) bond motifs is 3. The molecular weight excluding hydrogens is 306 g/mol. The summed E-state index contributed by atoms with van der Waals surface area (Å²) in [6.45, 7) is 6.39. The molecule has 1 aromatic carbocycles. The van der Waals surface area contributed by atoms with E-state index >= 15 is 0 Å². The molecule has 0 unspecified atom stereocenters. The Kier molecular flexibility index (Phi) is 4.69. The molecule has 128 valence electrons. The number of carbonyl (C=O) groups is 2. The summed E-state index contributed by atoms with van der Waals surface area (Å²) in [5.41, 5.74) is 1.92. The lowest BCUT2D eigenvalue weighted by Gasteiger charge is -2.15. The maximum atomic E-state index is 12.4. The molecule has 7 nitrogen and oxygen atoms in total. The van der Waals surface area contributed by atoms with Crippen molar-refractivity contribution in [3.05, 3.63) is 24.3 Å². The average Bonchev–Trinajstić information content (AvgIpc) is 3.11. The Morgan fingerprint density at radius 1 is 1.21 bits per heavy atom. The predicted octanol–water partition coefficient (Wildman–Crippen LogP) is 1.73. The molecule has 0 spiro atoms. The van der Waals surface area contributed by atoms with Gasteiger partial charge in [0.25, 0.3) is 0 Å². The highest BCUT2D eigenvalue weighted by Crippen LogP contribution is 2.26. The second-order valence-electron chi connectivity index (χ2n) is 6.38. The first-order valence-electron chi connectivity index (χ1n) is 8.33. The maximum Gasteiger partial charge on any atom is 0.324 e. The summed E-state index contributed by atoms with van der Waals surface area (Å²) in [6, 6.07) is 7.64. The number of carbonyl (C=O) groups excluding carboxylic acids is 2. The highest BCUT2D eigenvalue weighted by molar-refractivity contribution is 5.94. The zero-order valence-electron chi connectivity index (χ0n) is 14.1. The van der Waals surface area contributed by atoms with Crippen LogP contribution in [-0.4, -0.2) is 41.1 Å². The van der Waals surface area contributed by atoms with Gasteiger partial charge in [-0.3, -0.25) is 9.69 Å². The summed E-state index contributed by atoms with van der Waals surface area (Å²) in [5, 5.41) is 5.64. The lowest BCUT2D eigenvalue weighted by Crippen LogP contribution is -2.41. The first kappa shape index (κ1) is 16.3. The molecule has 7 heteroatoms. The van der Waals surface area contributed by atoms with Gasteiger partial charge >= 0.3 is 6.03 Å². The third-order valence-electron chi connectivity index (χ3n) is 4.00. The van der Waals surface area contributed by atoms with Gasteiger partial charge in [-0.25, -0.2) is 9.78 Å². The number of imidazole rings is 1. The summed E-state index contributed by atoms with van der Waals surface area (Å²) < 4.78 is 2.05. The van der Waals surface area contributed by atoms with Gasteiger partial charge in [-0.1, -0.05) is 26.0 Å². The molecule has 24 heavy (non-hydrogen) atoms. The number of aromatic nitrogens is 2. The van der Waals surface area contributed by atoms with E-state index in [1.165, 1.54) is 0 Å².